The Balaban J connectivity index is 1.67. The number of anilines is 1. The number of fused-ring (bicyclic) bond motifs is 1. The zero-order chi connectivity index (χ0) is 26.0. The Kier molecular flexibility index (Phi) is 5.22. The van der Waals surface area contributed by atoms with Gasteiger partial charge in [0.05, 0.1) is 42.3 Å². The molecular weight excluding hydrogens is 470 g/mol. The minimum absolute atomic E-state index is 0.124. The number of hydrogen-bond acceptors (Lipinski definition) is 6. The number of methoxy groups -OCH3 is 1. The van der Waals surface area contributed by atoms with Gasteiger partial charge in [-0.05, 0) is 41.8 Å². The van der Waals surface area contributed by atoms with Crippen LogP contribution in [0.1, 0.15) is 37.8 Å². The topological polar surface area (TPSA) is 93.8 Å². The van der Waals surface area contributed by atoms with E-state index in [1.165, 1.54) is 18.1 Å². The molecule has 1 atom stereocenters. The van der Waals surface area contributed by atoms with E-state index < -0.39 is 11.8 Å². The molecule has 1 unspecified atom stereocenters. The molecule has 2 aromatic heterocycles. The zero-order valence-electron chi connectivity index (χ0n) is 21.1. The summed E-state index contributed by atoms with van der Waals surface area (Å²) >= 11 is 0. The van der Waals surface area contributed by atoms with E-state index in [9.17, 15) is 14.4 Å². The predicted molar refractivity (Wildman–Crippen MR) is 141 cm³/mol. The Labute approximate surface area is 213 Å². The Morgan fingerprint density at radius 3 is 2.73 bits per heavy atom. The molecule has 0 bridgehead atoms. The number of carbonyl (C=O) groups excluding carboxylic acids is 2. The van der Waals surface area contributed by atoms with Crippen LogP contribution in [-0.4, -0.2) is 34.9 Å². The number of aromatic nitrogens is 1. The molecule has 1 N–H and O–H groups in total. The van der Waals surface area contributed by atoms with Gasteiger partial charge < -0.3 is 19.0 Å². The Hall–Kier alpha value is -4.33. The van der Waals surface area contributed by atoms with Crippen molar-refractivity contribution >= 4 is 39.4 Å². The van der Waals surface area contributed by atoms with E-state index in [1.54, 1.807) is 25.3 Å². The SMILES string of the molecule is COc1ccc2occ(C3C4=C(CN(C(C)=O)C4=O)Nc4cccc5c4c3cn5CC(C)C)c(=O)c2c1. The van der Waals surface area contributed by atoms with Crippen molar-refractivity contribution in [1.29, 1.82) is 0 Å². The fourth-order valence-corrected chi connectivity index (χ4v) is 5.59. The maximum absolute atomic E-state index is 14.0. The van der Waals surface area contributed by atoms with Crippen molar-refractivity contribution in [1.82, 2.24) is 9.47 Å². The third-order valence-corrected chi connectivity index (χ3v) is 7.20. The summed E-state index contributed by atoms with van der Waals surface area (Å²) in [5.74, 6) is -0.538. The maximum Gasteiger partial charge on any atom is 0.259 e. The van der Waals surface area contributed by atoms with Crippen molar-refractivity contribution in [3.05, 3.63) is 81.5 Å². The molecule has 0 spiro atoms. The largest absolute Gasteiger partial charge is 0.497 e. The summed E-state index contributed by atoms with van der Waals surface area (Å²) in [6.07, 6.45) is 3.49. The molecule has 0 saturated heterocycles. The van der Waals surface area contributed by atoms with Crippen molar-refractivity contribution in [3.63, 3.8) is 0 Å². The smallest absolute Gasteiger partial charge is 0.259 e. The lowest BCUT2D eigenvalue weighted by atomic mass is 9.84. The number of benzene rings is 2. The fourth-order valence-electron chi connectivity index (χ4n) is 5.59. The highest BCUT2D eigenvalue weighted by Gasteiger charge is 2.42. The van der Waals surface area contributed by atoms with Gasteiger partial charge in [0.25, 0.3) is 5.91 Å². The summed E-state index contributed by atoms with van der Waals surface area (Å²) < 4.78 is 13.4. The molecule has 4 aromatic rings. The summed E-state index contributed by atoms with van der Waals surface area (Å²) in [6, 6.07) is 11.1. The number of rotatable bonds is 4. The first-order valence-corrected chi connectivity index (χ1v) is 12.3. The number of carbonyl (C=O) groups is 2. The van der Waals surface area contributed by atoms with E-state index >= 15 is 0 Å². The van der Waals surface area contributed by atoms with Gasteiger partial charge in [0.1, 0.15) is 11.3 Å². The number of imide groups is 1. The second-order valence-electron chi connectivity index (χ2n) is 10.1. The van der Waals surface area contributed by atoms with Crippen molar-refractivity contribution in [3.8, 4) is 5.75 Å². The first kappa shape index (κ1) is 23.1. The third kappa shape index (κ3) is 3.47. The van der Waals surface area contributed by atoms with Crippen LogP contribution in [0.25, 0.3) is 21.9 Å². The monoisotopic (exact) mass is 497 g/mol. The van der Waals surface area contributed by atoms with Crippen LogP contribution in [0.2, 0.25) is 0 Å². The molecule has 8 nitrogen and oxygen atoms in total. The highest BCUT2D eigenvalue weighted by molar-refractivity contribution is 6.11. The standard InChI is InChI=1S/C29H27N3O5/c1-15(2)11-31-12-19-25(20-14-37-24-9-8-17(36-4)10-18(24)28(20)34)27-22(13-32(16(3)33)29(27)35)30-21-6-5-7-23(31)26(19)21/h5-10,12,14-15,25,30H,11,13H2,1-4H3. The number of nitrogens with zero attached hydrogens (tertiary/aromatic N) is 2. The first-order valence-electron chi connectivity index (χ1n) is 12.3. The highest BCUT2D eigenvalue weighted by Crippen LogP contribution is 2.46. The Bertz CT molecular complexity index is 1710. The van der Waals surface area contributed by atoms with Gasteiger partial charge in [0.2, 0.25) is 5.91 Å². The quantitative estimate of drug-likeness (QED) is 0.443. The second-order valence-corrected chi connectivity index (χ2v) is 10.1. The lowest BCUT2D eigenvalue weighted by Crippen LogP contribution is -2.33. The molecule has 0 fully saturated rings. The lowest BCUT2D eigenvalue weighted by Gasteiger charge is -2.19. The zero-order valence-corrected chi connectivity index (χ0v) is 21.1. The molecule has 2 aliphatic rings. The average Bonchev–Trinajstić information content (AvgIpc) is 3.34. The van der Waals surface area contributed by atoms with Gasteiger partial charge in [-0.3, -0.25) is 19.3 Å². The lowest BCUT2D eigenvalue weighted by molar-refractivity contribution is -0.139. The highest BCUT2D eigenvalue weighted by atomic mass is 16.5. The van der Waals surface area contributed by atoms with Gasteiger partial charge in [-0.25, -0.2) is 0 Å². The van der Waals surface area contributed by atoms with Gasteiger partial charge in [0.15, 0.2) is 5.43 Å². The van der Waals surface area contributed by atoms with Crippen molar-refractivity contribution in [2.75, 3.05) is 19.0 Å². The first-order chi connectivity index (χ1) is 17.8. The molecule has 0 radical (unpaired) electrons. The molecule has 2 amide bonds. The van der Waals surface area contributed by atoms with Crippen LogP contribution in [-0.2, 0) is 16.1 Å². The van der Waals surface area contributed by atoms with Crippen LogP contribution in [0.3, 0.4) is 0 Å². The van der Waals surface area contributed by atoms with Crippen molar-refractivity contribution in [2.45, 2.75) is 33.2 Å². The van der Waals surface area contributed by atoms with Crippen LogP contribution in [0.4, 0.5) is 5.69 Å². The summed E-state index contributed by atoms with van der Waals surface area (Å²) in [4.78, 5) is 41.2. The summed E-state index contributed by atoms with van der Waals surface area (Å²) in [5.41, 5.74) is 4.24. The van der Waals surface area contributed by atoms with Crippen LogP contribution in [0.5, 0.6) is 5.75 Å². The van der Waals surface area contributed by atoms with E-state index in [0.717, 1.165) is 28.7 Å². The molecule has 188 valence electrons. The van der Waals surface area contributed by atoms with E-state index in [4.69, 9.17) is 9.15 Å². The van der Waals surface area contributed by atoms with Crippen LogP contribution in [0.15, 0.2) is 69.3 Å². The summed E-state index contributed by atoms with van der Waals surface area (Å²) in [6.45, 7) is 6.57. The molecular formula is C29H27N3O5. The van der Waals surface area contributed by atoms with Gasteiger partial charge >= 0.3 is 0 Å². The molecule has 2 aliphatic heterocycles. The van der Waals surface area contributed by atoms with Crippen LogP contribution < -0.4 is 15.5 Å². The number of hydrogen-bond donors (Lipinski definition) is 1. The van der Waals surface area contributed by atoms with Crippen molar-refractivity contribution in [2.24, 2.45) is 5.92 Å². The van der Waals surface area contributed by atoms with Gasteiger partial charge in [0, 0.05) is 42.0 Å². The van der Waals surface area contributed by atoms with E-state index in [-0.39, 0.29) is 17.9 Å². The Morgan fingerprint density at radius 1 is 1.19 bits per heavy atom. The van der Waals surface area contributed by atoms with E-state index in [0.29, 0.717) is 39.5 Å². The average molecular weight is 498 g/mol. The maximum atomic E-state index is 14.0. The molecule has 2 aromatic carbocycles. The van der Waals surface area contributed by atoms with Gasteiger partial charge in [-0.15, -0.1) is 0 Å². The second kappa shape index (κ2) is 8.37. The van der Waals surface area contributed by atoms with Crippen LogP contribution in [0, 0.1) is 5.92 Å². The molecule has 4 heterocycles. The minimum Gasteiger partial charge on any atom is -0.497 e. The number of nitrogens with one attached hydrogen (secondary N) is 1. The summed E-state index contributed by atoms with van der Waals surface area (Å²) in [7, 11) is 1.54. The number of ether oxygens (including phenoxy) is 1. The fraction of sp³-hybridized carbons (Fsp3) is 0.276. The predicted octanol–water partition coefficient (Wildman–Crippen LogP) is 4.61. The minimum atomic E-state index is -0.717. The number of amides is 2. The van der Waals surface area contributed by atoms with E-state index in [1.807, 2.05) is 18.3 Å². The molecule has 8 heteroatoms. The summed E-state index contributed by atoms with van der Waals surface area (Å²) in [5, 5.41) is 4.77. The molecule has 0 saturated carbocycles. The molecule has 6 rings (SSSR count). The Morgan fingerprint density at radius 2 is 2.00 bits per heavy atom. The molecule has 0 aliphatic carbocycles. The third-order valence-electron chi connectivity index (χ3n) is 7.20. The molecule has 37 heavy (non-hydrogen) atoms. The van der Waals surface area contributed by atoms with Crippen LogP contribution >= 0.6 is 0 Å². The van der Waals surface area contributed by atoms with Gasteiger partial charge in [-0.2, -0.15) is 0 Å². The normalized spacial score (nSPS) is 16.9. The van der Waals surface area contributed by atoms with Crippen molar-refractivity contribution < 1.29 is 18.7 Å². The van der Waals surface area contributed by atoms with E-state index in [2.05, 4.69) is 29.8 Å². The van der Waals surface area contributed by atoms with Gasteiger partial charge in [-0.1, -0.05) is 19.9 Å².